The molecule has 0 radical (unpaired) electrons. The molecule has 1 aromatic heterocycles. The quantitative estimate of drug-likeness (QED) is 0.706. The normalized spacial score (nSPS) is 11.4. The highest BCUT2D eigenvalue weighted by Crippen LogP contribution is 2.50. The monoisotopic (exact) mass is 308 g/mol. The van der Waals surface area contributed by atoms with Gasteiger partial charge in [0.05, 0.1) is 26.5 Å². The summed E-state index contributed by atoms with van der Waals surface area (Å²) < 4.78 is 22.3. The molecule has 1 rings (SSSR count). The Kier molecular flexibility index (Phi) is 5.93. The maximum atomic E-state index is 11.8. The number of methoxy groups -OCH3 is 1. The van der Waals surface area contributed by atoms with Crippen molar-refractivity contribution in [3.05, 3.63) is 16.6 Å². The molecular formula is C10H17N2O5PS. The minimum absolute atomic E-state index is 0.0196. The first-order valence-electron chi connectivity index (χ1n) is 5.66. The predicted octanol–water partition coefficient (Wildman–Crippen LogP) is 1.47. The van der Waals surface area contributed by atoms with E-state index in [1.54, 1.807) is 13.8 Å². The molecule has 19 heavy (non-hydrogen) atoms. The standard InChI is InChI=1S/C10H17N2O5PS/c1-5-15-18(19,16-6-2)17-8-7-11-12(3)10(13)9(8)14-4/h7H,5-6H2,1-4H3. The second-order valence-corrected chi connectivity index (χ2v) is 6.28. The molecule has 0 fully saturated rings. The van der Waals surface area contributed by atoms with Gasteiger partial charge in [-0.3, -0.25) is 13.8 Å². The molecule has 0 spiro atoms. The number of hydrogen-bond donors (Lipinski definition) is 0. The van der Waals surface area contributed by atoms with Crippen molar-refractivity contribution in [1.82, 2.24) is 9.78 Å². The van der Waals surface area contributed by atoms with Crippen LogP contribution in [0, 0.1) is 0 Å². The van der Waals surface area contributed by atoms with Gasteiger partial charge in [-0.1, -0.05) is 0 Å². The van der Waals surface area contributed by atoms with Crippen LogP contribution in [0.4, 0.5) is 0 Å². The highest BCUT2D eigenvalue weighted by atomic mass is 32.5. The molecule has 0 atom stereocenters. The van der Waals surface area contributed by atoms with Crippen molar-refractivity contribution in [2.45, 2.75) is 13.8 Å². The van der Waals surface area contributed by atoms with Crippen molar-refractivity contribution in [2.24, 2.45) is 7.05 Å². The fourth-order valence-corrected chi connectivity index (χ4v) is 3.34. The molecule has 1 heterocycles. The zero-order valence-corrected chi connectivity index (χ0v) is 13.0. The van der Waals surface area contributed by atoms with Crippen LogP contribution in [-0.2, 0) is 27.9 Å². The van der Waals surface area contributed by atoms with Crippen LogP contribution >= 0.6 is 6.72 Å². The summed E-state index contributed by atoms with van der Waals surface area (Å²) in [5.41, 5.74) is -0.422. The lowest BCUT2D eigenvalue weighted by atomic mass is 10.5. The molecule has 0 bridgehead atoms. The van der Waals surface area contributed by atoms with E-state index in [1.165, 1.54) is 20.4 Å². The molecule has 0 saturated carbocycles. The van der Waals surface area contributed by atoms with Crippen molar-refractivity contribution < 1.29 is 18.3 Å². The van der Waals surface area contributed by atoms with Crippen molar-refractivity contribution in [2.75, 3.05) is 20.3 Å². The van der Waals surface area contributed by atoms with Gasteiger partial charge in [0.2, 0.25) is 5.75 Å². The molecule has 0 N–H and O–H groups in total. The molecule has 0 aliphatic carbocycles. The molecule has 0 aliphatic heterocycles. The highest BCUT2D eigenvalue weighted by Gasteiger charge is 2.24. The topological polar surface area (TPSA) is 71.8 Å². The lowest BCUT2D eigenvalue weighted by molar-refractivity contribution is 0.215. The minimum Gasteiger partial charge on any atom is -0.488 e. The number of hydrogen-bond acceptors (Lipinski definition) is 7. The second-order valence-electron chi connectivity index (χ2n) is 3.34. The van der Waals surface area contributed by atoms with Crippen molar-refractivity contribution >= 4 is 18.5 Å². The van der Waals surface area contributed by atoms with Gasteiger partial charge in [-0.25, -0.2) is 4.68 Å². The zero-order valence-electron chi connectivity index (χ0n) is 11.3. The van der Waals surface area contributed by atoms with Crippen LogP contribution < -0.4 is 14.8 Å². The van der Waals surface area contributed by atoms with E-state index in [-0.39, 0.29) is 11.5 Å². The molecule has 0 aromatic carbocycles. The molecule has 9 heteroatoms. The van der Waals surface area contributed by atoms with E-state index in [2.05, 4.69) is 5.10 Å². The molecule has 1 aromatic rings. The fourth-order valence-electron chi connectivity index (χ4n) is 1.28. The van der Waals surface area contributed by atoms with Crippen LogP contribution in [0.25, 0.3) is 0 Å². The van der Waals surface area contributed by atoms with Crippen molar-refractivity contribution in [3.63, 3.8) is 0 Å². The number of ether oxygens (including phenoxy) is 1. The number of nitrogens with zero attached hydrogens (tertiary/aromatic N) is 2. The Labute approximate surface area is 116 Å². The van der Waals surface area contributed by atoms with E-state index >= 15 is 0 Å². The number of aromatic nitrogens is 2. The van der Waals surface area contributed by atoms with Crippen LogP contribution in [0.2, 0.25) is 0 Å². The molecule has 7 nitrogen and oxygen atoms in total. The Balaban J connectivity index is 3.13. The number of rotatable bonds is 7. The molecule has 0 unspecified atom stereocenters. The first-order chi connectivity index (χ1) is 8.97. The highest BCUT2D eigenvalue weighted by molar-refractivity contribution is 8.07. The third kappa shape index (κ3) is 4.01. The molecule has 0 saturated heterocycles. The smallest absolute Gasteiger partial charge is 0.380 e. The summed E-state index contributed by atoms with van der Waals surface area (Å²) >= 11 is 5.22. The predicted molar refractivity (Wildman–Crippen MR) is 74.2 cm³/mol. The average molecular weight is 308 g/mol. The maximum Gasteiger partial charge on any atom is 0.380 e. The third-order valence-electron chi connectivity index (χ3n) is 2.05. The third-order valence-corrected chi connectivity index (χ3v) is 4.47. The molecule has 0 aliphatic rings. The van der Waals surface area contributed by atoms with Gasteiger partial charge in [0.1, 0.15) is 0 Å². The van der Waals surface area contributed by atoms with Gasteiger partial charge >= 0.3 is 12.3 Å². The van der Waals surface area contributed by atoms with E-state index in [9.17, 15) is 4.79 Å². The van der Waals surface area contributed by atoms with Crippen molar-refractivity contribution in [3.8, 4) is 11.5 Å². The summed E-state index contributed by atoms with van der Waals surface area (Å²) in [5, 5.41) is 3.85. The summed E-state index contributed by atoms with van der Waals surface area (Å²) in [6, 6.07) is 0. The van der Waals surface area contributed by atoms with Gasteiger partial charge < -0.3 is 9.26 Å². The largest absolute Gasteiger partial charge is 0.488 e. The van der Waals surface area contributed by atoms with E-state index in [0.29, 0.717) is 13.2 Å². The lowest BCUT2D eigenvalue weighted by Crippen LogP contribution is -2.21. The first-order valence-corrected chi connectivity index (χ1v) is 8.22. The lowest BCUT2D eigenvalue weighted by Gasteiger charge is -2.21. The second kappa shape index (κ2) is 7.00. The first kappa shape index (κ1) is 16.1. The molecule has 108 valence electrons. The van der Waals surface area contributed by atoms with Gasteiger partial charge in [0, 0.05) is 18.9 Å². The molecule has 0 amide bonds. The minimum atomic E-state index is -2.95. The molecular weight excluding hydrogens is 291 g/mol. The van der Waals surface area contributed by atoms with Gasteiger partial charge in [0.25, 0.3) is 0 Å². The van der Waals surface area contributed by atoms with Crippen LogP contribution in [0.15, 0.2) is 11.0 Å². The summed E-state index contributed by atoms with van der Waals surface area (Å²) in [7, 11) is 2.88. The van der Waals surface area contributed by atoms with Gasteiger partial charge in [-0.2, -0.15) is 5.10 Å². The summed E-state index contributed by atoms with van der Waals surface area (Å²) in [6.07, 6.45) is 1.35. The van der Waals surface area contributed by atoms with E-state index in [1.807, 2.05) is 0 Å². The van der Waals surface area contributed by atoms with Gasteiger partial charge in [-0.05, 0) is 13.8 Å². The number of aryl methyl sites for hydroxylation is 1. The SMILES string of the molecule is CCOP(=S)(OCC)Oc1cnn(C)c(=O)c1OC. The summed E-state index contributed by atoms with van der Waals surface area (Å²) in [5.74, 6) is 0.141. The summed E-state index contributed by atoms with van der Waals surface area (Å²) in [6.45, 7) is 1.30. The van der Waals surface area contributed by atoms with E-state index in [0.717, 1.165) is 4.68 Å². The van der Waals surface area contributed by atoms with Crippen LogP contribution in [0.3, 0.4) is 0 Å². The fraction of sp³-hybridized carbons (Fsp3) is 0.600. The Morgan fingerprint density at radius 1 is 1.37 bits per heavy atom. The Morgan fingerprint density at radius 3 is 2.42 bits per heavy atom. The average Bonchev–Trinajstić information content (AvgIpc) is 2.35. The zero-order chi connectivity index (χ0) is 14.5. The Morgan fingerprint density at radius 2 is 1.95 bits per heavy atom. The Bertz CT molecular complexity index is 523. The van der Waals surface area contributed by atoms with E-state index in [4.69, 9.17) is 30.1 Å². The van der Waals surface area contributed by atoms with Gasteiger partial charge in [0.15, 0.2) is 5.75 Å². The van der Waals surface area contributed by atoms with E-state index < -0.39 is 12.3 Å². The summed E-state index contributed by atoms with van der Waals surface area (Å²) in [4.78, 5) is 11.8. The van der Waals surface area contributed by atoms with Crippen molar-refractivity contribution in [1.29, 1.82) is 0 Å². The maximum absolute atomic E-state index is 11.8. The van der Waals surface area contributed by atoms with Crippen LogP contribution in [0.1, 0.15) is 13.8 Å². The van der Waals surface area contributed by atoms with Crippen LogP contribution in [0.5, 0.6) is 11.5 Å². The van der Waals surface area contributed by atoms with Gasteiger partial charge in [-0.15, -0.1) is 0 Å². The van der Waals surface area contributed by atoms with Crippen LogP contribution in [-0.4, -0.2) is 30.1 Å². The Hall–Kier alpha value is -0.950.